The number of thioether (sulfide) groups is 1. The van der Waals surface area contributed by atoms with Crippen LogP contribution in [0.5, 0.6) is 11.5 Å². The van der Waals surface area contributed by atoms with Gasteiger partial charge in [0, 0.05) is 6.54 Å². The van der Waals surface area contributed by atoms with E-state index in [1.165, 1.54) is 0 Å². The number of benzene rings is 2. The van der Waals surface area contributed by atoms with Gasteiger partial charge in [-0.2, -0.15) is 11.8 Å². The molecule has 8 heteroatoms. The number of hydrogen-bond donors (Lipinski definition) is 1. The highest BCUT2D eigenvalue weighted by molar-refractivity contribution is 7.98. The monoisotopic (exact) mass is 442 g/mol. The van der Waals surface area contributed by atoms with Crippen molar-refractivity contribution in [3.8, 4) is 11.5 Å². The van der Waals surface area contributed by atoms with E-state index in [2.05, 4.69) is 5.32 Å². The van der Waals surface area contributed by atoms with Crippen LogP contribution in [0.25, 0.3) is 0 Å². The van der Waals surface area contributed by atoms with Crippen LogP contribution in [0.3, 0.4) is 0 Å². The molecule has 1 unspecified atom stereocenters. The van der Waals surface area contributed by atoms with E-state index < -0.39 is 17.9 Å². The van der Waals surface area contributed by atoms with Gasteiger partial charge in [-0.05, 0) is 54.7 Å². The van der Waals surface area contributed by atoms with Crippen LogP contribution in [-0.2, 0) is 11.2 Å². The fourth-order valence-electron chi connectivity index (χ4n) is 3.58. The lowest BCUT2D eigenvalue weighted by Crippen LogP contribution is -2.50. The van der Waals surface area contributed by atoms with Crippen molar-refractivity contribution < 1.29 is 23.9 Å². The number of carbonyl (C=O) groups excluding carboxylic acids is 3. The van der Waals surface area contributed by atoms with E-state index in [9.17, 15) is 14.4 Å². The highest BCUT2D eigenvalue weighted by Gasteiger charge is 2.42. The molecule has 0 aliphatic carbocycles. The molecule has 0 saturated heterocycles. The van der Waals surface area contributed by atoms with Crippen LogP contribution >= 0.6 is 11.8 Å². The number of amides is 3. The molecule has 2 aromatic rings. The van der Waals surface area contributed by atoms with E-state index in [0.29, 0.717) is 47.8 Å². The molecule has 1 N–H and O–H groups in total. The van der Waals surface area contributed by atoms with Gasteiger partial charge in [-0.3, -0.25) is 19.3 Å². The van der Waals surface area contributed by atoms with Crippen molar-refractivity contribution >= 4 is 29.5 Å². The van der Waals surface area contributed by atoms with Crippen LogP contribution in [0.1, 0.15) is 32.7 Å². The Labute approximate surface area is 186 Å². The summed E-state index contributed by atoms with van der Waals surface area (Å²) in [6.45, 7) is 0.368. The molecule has 0 aromatic heterocycles. The summed E-state index contributed by atoms with van der Waals surface area (Å²) in [5.41, 5.74) is 1.67. The number of nitrogens with zero attached hydrogens (tertiary/aromatic N) is 1. The summed E-state index contributed by atoms with van der Waals surface area (Å²) in [6, 6.07) is 11.4. The van der Waals surface area contributed by atoms with Gasteiger partial charge in [0.2, 0.25) is 5.91 Å². The van der Waals surface area contributed by atoms with Crippen molar-refractivity contribution in [3.63, 3.8) is 0 Å². The third-order valence-corrected chi connectivity index (χ3v) is 5.84. The molecule has 0 saturated carbocycles. The summed E-state index contributed by atoms with van der Waals surface area (Å²) in [4.78, 5) is 39.8. The molecule has 0 bridgehead atoms. The van der Waals surface area contributed by atoms with E-state index in [0.717, 1.165) is 10.5 Å². The summed E-state index contributed by atoms with van der Waals surface area (Å²) in [6.07, 6.45) is 2.90. The quantitative estimate of drug-likeness (QED) is 0.570. The molecule has 0 spiro atoms. The molecule has 31 heavy (non-hydrogen) atoms. The standard InChI is InChI=1S/C23H26N2O5S/c1-29-19-9-8-15(14-20(19)30-2)10-12-24-21(26)18(11-13-31-3)25-22(27)16-6-4-5-7-17(16)23(25)28/h4-9,14,18H,10-13H2,1-3H3,(H,24,26). The molecule has 7 nitrogen and oxygen atoms in total. The minimum atomic E-state index is -0.842. The van der Waals surface area contributed by atoms with Gasteiger partial charge in [-0.25, -0.2) is 0 Å². The molecule has 0 fully saturated rings. The van der Waals surface area contributed by atoms with Gasteiger partial charge in [0.25, 0.3) is 11.8 Å². The average molecular weight is 443 g/mol. The number of hydrogen-bond acceptors (Lipinski definition) is 6. The van der Waals surface area contributed by atoms with Crippen LogP contribution < -0.4 is 14.8 Å². The van der Waals surface area contributed by atoms with Crippen LogP contribution in [0.15, 0.2) is 42.5 Å². The first-order valence-electron chi connectivity index (χ1n) is 9.96. The second-order valence-electron chi connectivity index (χ2n) is 7.05. The van der Waals surface area contributed by atoms with Gasteiger partial charge < -0.3 is 14.8 Å². The molecule has 1 aliphatic rings. The van der Waals surface area contributed by atoms with Crippen molar-refractivity contribution in [2.75, 3.05) is 32.8 Å². The molecule has 2 aromatic carbocycles. The van der Waals surface area contributed by atoms with Crippen LogP contribution in [0.2, 0.25) is 0 Å². The minimum absolute atomic E-state index is 0.330. The fourth-order valence-corrected chi connectivity index (χ4v) is 4.04. The maximum absolute atomic E-state index is 13.0. The number of nitrogens with one attached hydrogen (secondary N) is 1. The summed E-state index contributed by atoms with van der Waals surface area (Å²) in [5.74, 6) is 0.752. The maximum atomic E-state index is 13.0. The minimum Gasteiger partial charge on any atom is -0.493 e. The summed E-state index contributed by atoms with van der Waals surface area (Å²) < 4.78 is 10.6. The summed E-state index contributed by atoms with van der Waals surface area (Å²) in [5, 5.41) is 2.88. The van der Waals surface area contributed by atoms with E-state index in [1.54, 1.807) is 50.2 Å². The van der Waals surface area contributed by atoms with E-state index in [4.69, 9.17) is 9.47 Å². The second-order valence-corrected chi connectivity index (χ2v) is 8.04. The highest BCUT2D eigenvalue weighted by atomic mass is 32.2. The maximum Gasteiger partial charge on any atom is 0.262 e. The topological polar surface area (TPSA) is 84.9 Å². The molecule has 164 valence electrons. The number of imide groups is 1. The molecular formula is C23H26N2O5S. The van der Waals surface area contributed by atoms with Gasteiger partial charge in [0.1, 0.15) is 6.04 Å². The van der Waals surface area contributed by atoms with Crippen LogP contribution in [-0.4, -0.2) is 61.4 Å². The lowest BCUT2D eigenvalue weighted by atomic mass is 10.1. The largest absolute Gasteiger partial charge is 0.493 e. The predicted molar refractivity (Wildman–Crippen MR) is 120 cm³/mol. The number of methoxy groups -OCH3 is 2. The number of ether oxygens (including phenoxy) is 2. The summed E-state index contributed by atoms with van der Waals surface area (Å²) >= 11 is 1.57. The average Bonchev–Trinajstić information content (AvgIpc) is 3.04. The zero-order valence-corrected chi connectivity index (χ0v) is 18.7. The van der Waals surface area contributed by atoms with Gasteiger partial charge in [-0.15, -0.1) is 0 Å². The van der Waals surface area contributed by atoms with E-state index in [1.807, 2.05) is 24.5 Å². The predicted octanol–water partition coefficient (Wildman–Crippen LogP) is 2.78. The van der Waals surface area contributed by atoms with Crippen LogP contribution in [0, 0.1) is 0 Å². The molecule has 1 atom stereocenters. The van der Waals surface area contributed by atoms with Gasteiger partial charge in [0.15, 0.2) is 11.5 Å². The molecule has 0 radical (unpaired) electrons. The SMILES string of the molecule is COc1ccc(CCNC(=O)C(CCSC)N2C(=O)c3ccccc3C2=O)cc1OC. The normalized spacial score (nSPS) is 13.7. The molecule has 3 rings (SSSR count). The van der Waals surface area contributed by atoms with Crippen LogP contribution in [0.4, 0.5) is 0 Å². The Kier molecular flexibility index (Phi) is 7.57. The van der Waals surface area contributed by atoms with Gasteiger partial charge >= 0.3 is 0 Å². The Hall–Kier alpha value is -3.00. The Morgan fingerprint density at radius 1 is 1.03 bits per heavy atom. The summed E-state index contributed by atoms with van der Waals surface area (Å²) in [7, 11) is 3.15. The third kappa shape index (κ3) is 4.85. The Bertz CT molecular complexity index is 943. The Morgan fingerprint density at radius 2 is 1.68 bits per heavy atom. The van der Waals surface area contributed by atoms with E-state index in [-0.39, 0.29) is 5.91 Å². The Morgan fingerprint density at radius 3 is 2.26 bits per heavy atom. The first kappa shape index (κ1) is 22.7. The van der Waals surface area contributed by atoms with Gasteiger partial charge in [-0.1, -0.05) is 18.2 Å². The van der Waals surface area contributed by atoms with Crippen molar-refractivity contribution in [2.24, 2.45) is 0 Å². The molecular weight excluding hydrogens is 416 g/mol. The Balaban J connectivity index is 1.68. The van der Waals surface area contributed by atoms with Crippen molar-refractivity contribution in [2.45, 2.75) is 18.9 Å². The second kappa shape index (κ2) is 10.3. The lowest BCUT2D eigenvalue weighted by molar-refractivity contribution is -0.125. The highest BCUT2D eigenvalue weighted by Crippen LogP contribution is 2.28. The first-order valence-corrected chi connectivity index (χ1v) is 11.4. The zero-order valence-electron chi connectivity index (χ0n) is 17.8. The van der Waals surface area contributed by atoms with Crippen molar-refractivity contribution in [1.82, 2.24) is 10.2 Å². The smallest absolute Gasteiger partial charge is 0.262 e. The zero-order chi connectivity index (χ0) is 22.4. The molecule has 1 aliphatic heterocycles. The molecule has 3 amide bonds. The van der Waals surface area contributed by atoms with Crippen molar-refractivity contribution in [1.29, 1.82) is 0 Å². The number of carbonyl (C=O) groups is 3. The molecule has 1 heterocycles. The third-order valence-electron chi connectivity index (χ3n) is 5.20. The van der Waals surface area contributed by atoms with Gasteiger partial charge in [0.05, 0.1) is 25.3 Å². The fraction of sp³-hybridized carbons (Fsp3) is 0.348. The number of rotatable bonds is 10. The van der Waals surface area contributed by atoms with Crippen molar-refractivity contribution in [3.05, 3.63) is 59.2 Å². The number of fused-ring (bicyclic) bond motifs is 1. The first-order chi connectivity index (χ1) is 15.0. The lowest BCUT2D eigenvalue weighted by Gasteiger charge is -2.25. The van der Waals surface area contributed by atoms with E-state index >= 15 is 0 Å².